The normalized spacial score (nSPS) is 13.1. The Morgan fingerprint density at radius 2 is 1.86 bits per heavy atom. The molecule has 0 amide bonds. The van der Waals surface area contributed by atoms with Crippen LogP contribution in [0.2, 0.25) is 0 Å². The van der Waals surface area contributed by atoms with Crippen LogP contribution in [0.4, 0.5) is 4.39 Å². The van der Waals surface area contributed by atoms with Crippen molar-refractivity contribution in [2.45, 2.75) is 11.4 Å². The van der Waals surface area contributed by atoms with Crippen LogP contribution in [0.25, 0.3) is 0 Å². The highest BCUT2D eigenvalue weighted by Crippen LogP contribution is 2.32. The van der Waals surface area contributed by atoms with Gasteiger partial charge in [-0.3, -0.25) is 0 Å². The number of rotatable bonds is 6. The van der Waals surface area contributed by atoms with E-state index in [1.165, 1.54) is 36.5 Å². The van der Waals surface area contributed by atoms with Crippen LogP contribution in [-0.2, 0) is 16.6 Å². The fraction of sp³-hybridized carbons (Fsp3) is 0.150. The minimum Gasteiger partial charge on any atom is -0.486 e. The number of sulfonamides is 1. The van der Waals surface area contributed by atoms with Gasteiger partial charge in [-0.2, -0.15) is 0 Å². The molecule has 0 saturated carbocycles. The van der Waals surface area contributed by atoms with E-state index in [0.717, 1.165) is 0 Å². The van der Waals surface area contributed by atoms with Crippen molar-refractivity contribution in [2.24, 2.45) is 0 Å². The van der Waals surface area contributed by atoms with Crippen LogP contribution in [0.15, 0.2) is 65.7 Å². The number of aromatic nitrogens is 1. The number of nitrogens with one attached hydrogen (secondary N) is 1. The number of hydrogen-bond donors (Lipinski definition) is 1. The van der Waals surface area contributed by atoms with Gasteiger partial charge in [-0.05, 0) is 30.3 Å². The van der Waals surface area contributed by atoms with Crippen LogP contribution in [0.5, 0.6) is 23.1 Å². The second-order valence-electron chi connectivity index (χ2n) is 6.16. The highest BCUT2D eigenvalue weighted by atomic mass is 32.2. The quantitative estimate of drug-likeness (QED) is 0.664. The molecule has 7 nitrogen and oxygen atoms in total. The summed E-state index contributed by atoms with van der Waals surface area (Å²) < 4.78 is 57.7. The average molecular weight is 416 g/mol. The van der Waals surface area contributed by atoms with Crippen molar-refractivity contribution in [2.75, 3.05) is 13.2 Å². The zero-order chi connectivity index (χ0) is 20.3. The van der Waals surface area contributed by atoms with E-state index in [4.69, 9.17) is 14.2 Å². The van der Waals surface area contributed by atoms with Gasteiger partial charge >= 0.3 is 0 Å². The van der Waals surface area contributed by atoms with Crippen LogP contribution in [0.3, 0.4) is 0 Å². The summed E-state index contributed by atoms with van der Waals surface area (Å²) >= 11 is 0. The second kappa shape index (κ2) is 8.06. The maximum atomic E-state index is 13.4. The lowest BCUT2D eigenvalue weighted by atomic mass is 10.3. The maximum Gasteiger partial charge on any atom is 0.241 e. The molecule has 1 aliphatic heterocycles. The first-order chi connectivity index (χ1) is 14.0. The molecule has 1 aromatic heterocycles. The molecular weight excluding hydrogens is 399 g/mol. The van der Waals surface area contributed by atoms with Gasteiger partial charge < -0.3 is 14.2 Å². The molecule has 2 aromatic carbocycles. The molecule has 29 heavy (non-hydrogen) atoms. The van der Waals surface area contributed by atoms with E-state index in [0.29, 0.717) is 30.3 Å². The lowest BCUT2D eigenvalue weighted by Crippen LogP contribution is -2.24. The summed E-state index contributed by atoms with van der Waals surface area (Å²) in [6, 6.07) is 13.4. The Bertz CT molecular complexity index is 1140. The van der Waals surface area contributed by atoms with E-state index in [1.807, 2.05) is 0 Å². The summed E-state index contributed by atoms with van der Waals surface area (Å²) in [7, 11) is -3.82. The standard InChI is InChI=1S/C20H17FN2O5S/c21-15-4-1-5-16(11-15)28-20-14(3-2-8-22-20)13-23-29(24,25)17-6-7-18-19(12-17)27-10-9-26-18/h1-8,11-12,23H,9-10,13H2. The summed E-state index contributed by atoms with van der Waals surface area (Å²) in [5.41, 5.74) is 0.498. The van der Waals surface area contributed by atoms with Crippen molar-refractivity contribution >= 4 is 10.0 Å². The largest absolute Gasteiger partial charge is 0.486 e. The highest BCUT2D eigenvalue weighted by Gasteiger charge is 2.20. The summed E-state index contributed by atoms with van der Waals surface area (Å²) in [6.07, 6.45) is 1.51. The van der Waals surface area contributed by atoms with Gasteiger partial charge in [-0.25, -0.2) is 22.5 Å². The van der Waals surface area contributed by atoms with Gasteiger partial charge in [-0.15, -0.1) is 0 Å². The van der Waals surface area contributed by atoms with Crippen LogP contribution >= 0.6 is 0 Å². The minimum atomic E-state index is -3.82. The lowest BCUT2D eigenvalue weighted by molar-refractivity contribution is 0.171. The van der Waals surface area contributed by atoms with Crippen molar-refractivity contribution in [1.29, 1.82) is 0 Å². The molecule has 0 fully saturated rings. The van der Waals surface area contributed by atoms with Gasteiger partial charge in [0.05, 0.1) is 4.90 Å². The molecule has 4 rings (SSSR count). The monoisotopic (exact) mass is 416 g/mol. The van der Waals surface area contributed by atoms with Crippen LogP contribution in [0.1, 0.15) is 5.56 Å². The minimum absolute atomic E-state index is 0.0539. The molecule has 150 valence electrons. The average Bonchev–Trinajstić information content (AvgIpc) is 2.73. The second-order valence-corrected chi connectivity index (χ2v) is 7.92. The van der Waals surface area contributed by atoms with Crippen LogP contribution in [-0.4, -0.2) is 26.6 Å². The topological polar surface area (TPSA) is 86.8 Å². The SMILES string of the molecule is O=S(=O)(NCc1cccnc1Oc1cccc(F)c1)c1ccc2c(c1)OCCO2. The Labute approximate surface area is 167 Å². The van der Waals surface area contributed by atoms with E-state index in [1.54, 1.807) is 24.3 Å². The van der Waals surface area contributed by atoms with Crippen molar-refractivity contribution < 1.29 is 27.0 Å². The maximum absolute atomic E-state index is 13.4. The van der Waals surface area contributed by atoms with Gasteiger partial charge in [0.2, 0.25) is 15.9 Å². The van der Waals surface area contributed by atoms with Gasteiger partial charge in [0.15, 0.2) is 11.5 Å². The Kier molecular flexibility index (Phi) is 5.32. The van der Waals surface area contributed by atoms with Crippen molar-refractivity contribution in [3.63, 3.8) is 0 Å². The first kappa shape index (κ1) is 19.2. The molecule has 0 unspecified atom stereocenters. The third kappa shape index (κ3) is 4.47. The number of nitrogens with zero attached hydrogens (tertiary/aromatic N) is 1. The third-order valence-electron chi connectivity index (χ3n) is 4.14. The molecule has 0 spiro atoms. The van der Waals surface area contributed by atoms with E-state index >= 15 is 0 Å². The summed E-state index contributed by atoms with van der Waals surface area (Å²) in [5.74, 6) is 0.894. The molecule has 1 N–H and O–H groups in total. The summed E-state index contributed by atoms with van der Waals surface area (Å²) in [4.78, 5) is 4.17. The molecular formula is C20H17FN2O5S. The molecule has 3 aromatic rings. The van der Waals surface area contributed by atoms with Crippen molar-refractivity contribution in [3.8, 4) is 23.1 Å². The zero-order valence-electron chi connectivity index (χ0n) is 15.2. The molecule has 2 heterocycles. The Balaban J connectivity index is 1.51. The van der Waals surface area contributed by atoms with Gasteiger partial charge in [0.1, 0.15) is 24.8 Å². The highest BCUT2D eigenvalue weighted by molar-refractivity contribution is 7.89. The predicted molar refractivity (Wildman–Crippen MR) is 102 cm³/mol. The zero-order valence-corrected chi connectivity index (χ0v) is 16.0. The molecule has 0 aliphatic carbocycles. The number of ether oxygens (including phenoxy) is 3. The fourth-order valence-corrected chi connectivity index (χ4v) is 3.76. The molecule has 0 bridgehead atoms. The molecule has 0 radical (unpaired) electrons. The first-order valence-electron chi connectivity index (χ1n) is 8.78. The van der Waals surface area contributed by atoms with E-state index in [9.17, 15) is 12.8 Å². The van der Waals surface area contributed by atoms with Crippen LogP contribution < -0.4 is 18.9 Å². The number of hydrogen-bond acceptors (Lipinski definition) is 6. The number of fused-ring (bicyclic) bond motifs is 1. The van der Waals surface area contributed by atoms with E-state index in [-0.39, 0.29) is 23.1 Å². The number of halogens is 1. The van der Waals surface area contributed by atoms with Gasteiger partial charge in [-0.1, -0.05) is 12.1 Å². The lowest BCUT2D eigenvalue weighted by Gasteiger charge is -2.19. The first-order valence-corrected chi connectivity index (χ1v) is 10.3. The van der Waals surface area contributed by atoms with E-state index in [2.05, 4.69) is 9.71 Å². The Hall–Kier alpha value is -3.17. The Morgan fingerprint density at radius 1 is 1.03 bits per heavy atom. The smallest absolute Gasteiger partial charge is 0.241 e. The molecule has 1 aliphatic rings. The van der Waals surface area contributed by atoms with Crippen molar-refractivity contribution in [3.05, 3.63) is 72.2 Å². The fourth-order valence-electron chi connectivity index (χ4n) is 2.74. The van der Waals surface area contributed by atoms with Crippen molar-refractivity contribution in [1.82, 2.24) is 9.71 Å². The molecule has 0 atom stereocenters. The molecule has 9 heteroatoms. The van der Waals surface area contributed by atoms with Gasteiger partial charge in [0, 0.05) is 30.4 Å². The number of pyridine rings is 1. The summed E-state index contributed by atoms with van der Waals surface area (Å²) in [6.45, 7) is 0.724. The number of benzene rings is 2. The van der Waals surface area contributed by atoms with Gasteiger partial charge in [0.25, 0.3) is 0 Å². The Morgan fingerprint density at radius 3 is 2.69 bits per heavy atom. The van der Waals surface area contributed by atoms with E-state index < -0.39 is 15.8 Å². The summed E-state index contributed by atoms with van der Waals surface area (Å²) in [5, 5.41) is 0. The third-order valence-corrected chi connectivity index (χ3v) is 5.54. The predicted octanol–water partition coefficient (Wildman–Crippen LogP) is 3.26. The van der Waals surface area contributed by atoms with Crippen LogP contribution in [0, 0.1) is 5.82 Å². The molecule has 0 saturated heterocycles.